The molecule has 2 aromatic rings. The molecular formula is C17H16FN3O3S. The van der Waals surface area contributed by atoms with Gasteiger partial charge in [-0.1, -0.05) is 12.1 Å². The Balaban J connectivity index is 2.09. The quantitative estimate of drug-likeness (QED) is 0.856. The van der Waals surface area contributed by atoms with Crippen LogP contribution < -0.4 is 9.62 Å². The Hall–Kier alpha value is -2.92. The lowest BCUT2D eigenvalue weighted by Crippen LogP contribution is -2.33. The molecule has 6 nitrogen and oxygen atoms in total. The molecule has 0 aromatic heterocycles. The summed E-state index contributed by atoms with van der Waals surface area (Å²) in [5.74, 6) is -0.915. The second-order valence-electron chi connectivity index (χ2n) is 5.27. The van der Waals surface area contributed by atoms with Crippen LogP contribution >= 0.6 is 0 Å². The average molecular weight is 361 g/mol. The number of nitrogens with one attached hydrogen (secondary N) is 1. The fourth-order valence-corrected chi connectivity index (χ4v) is 3.13. The fraction of sp³-hybridized carbons (Fsp3) is 0.176. The van der Waals surface area contributed by atoms with Gasteiger partial charge in [0.1, 0.15) is 11.9 Å². The van der Waals surface area contributed by atoms with Crippen molar-refractivity contribution in [3.8, 4) is 6.07 Å². The average Bonchev–Trinajstić information content (AvgIpc) is 2.56. The predicted octanol–water partition coefficient (Wildman–Crippen LogP) is 2.49. The van der Waals surface area contributed by atoms with Crippen molar-refractivity contribution in [2.24, 2.45) is 0 Å². The van der Waals surface area contributed by atoms with Crippen LogP contribution in [0, 0.1) is 17.1 Å². The maximum atomic E-state index is 13.0. The van der Waals surface area contributed by atoms with E-state index in [0.717, 1.165) is 22.7 Å². The number of nitriles is 1. The molecule has 0 saturated heterocycles. The molecule has 2 aromatic carbocycles. The van der Waals surface area contributed by atoms with E-state index in [-0.39, 0.29) is 18.7 Å². The second kappa shape index (κ2) is 7.77. The standard InChI is InChI=1S/C17H16FN3O3S/c1-25(23,24)21(15-8-6-14(18)7-9-15)11-10-17(22)20-16-5-3-2-4-13(16)12-19/h2-9H,10-11H2,1H3,(H,20,22). The van der Waals surface area contributed by atoms with Crippen LogP contribution in [0.15, 0.2) is 48.5 Å². The van der Waals surface area contributed by atoms with Crippen molar-refractivity contribution in [3.63, 3.8) is 0 Å². The van der Waals surface area contributed by atoms with Crippen LogP contribution in [0.5, 0.6) is 0 Å². The summed E-state index contributed by atoms with van der Waals surface area (Å²) in [6.45, 7) is -0.106. The van der Waals surface area contributed by atoms with Gasteiger partial charge in [0.15, 0.2) is 0 Å². The Morgan fingerprint density at radius 1 is 1.20 bits per heavy atom. The Labute approximate surface area is 145 Å². The van der Waals surface area contributed by atoms with E-state index in [0.29, 0.717) is 11.3 Å². The number of sulfonamides is 1. The van der Waals surface area contributed by atoms with Crippen molar-refractivity contribution in [1.29, 1.82) is 5.26 Å². The monoisotopic (exact) mass is 361 g/mol. The third-order valence-corrected chi connectivity index (χ3v) is 4.57. The predicted molar refractivity (Wildman–Crippen MR) is 93.0 cm³/mol. The van der Waals surface area contributed by atoms with Crippen molar-refractivity contribution in [2.45, 2.75) is 6.42 Å². The van der Waals surface area contributed by atoms with E-state index >= 15 is 0 Å². The molecule has 0 aliphatic rings. The Kier molecular flexibility index (Phi) is 5.72. The van der Waals surface area contributed by atoms with E-state index in [1.165, 1.54) is 12.1 Å². The largest absolute Gasteiger partial charge is 0.325 e. The highest BCUT2D eigenvalue weighted by Crippen LogP contribution is 2.19. The van der Waals surface area contributed by atoms with E-state index in [1.54, 1.807) is 24.3 Å². The van der Waals surface area contributed by atoms with Crippen LogP contribution in [0.4, 0.5) is 15.8 Å². The smallest absolute Gasteiger partial charge is 0.232 e. The highest BCUT2D eigenvalue weighted by Gasteiger charge is 2.19. The van der Waals surface area contributed by atoms with Crippen molar-refractivity contribution in [1.82, 2.24) is 0 Å². The molecule has 1 amide bonds. The lowest BCUT2D eigenvalue weighted by molar-refractivity contribution is -0.116. The molecular weight excluding hydrogens is 345 g/mol. The fourth-order valence-electron chi connectivity index (χ4n) is 2.20. The van der Waals surface area contributed by atoms with Gasteiger partial charge < -0.3 is 5.32 Å². The molecule has 0 aliphatic heterocycles. The van der Waals surface area contributed by atoms with Gasteiger partial charge in [0, 0.05) is 13.0 Å². The van der Waals surface area contributed by atoms with Crippen LogP contribution in [0.2, 0.25) is 0 Å². The first-order valence-electron chi connectivity index (χ1n) is 7.33. The van der Waals surface area contributed by atoms with Gasteiger partial charge in [-0.2, -0.15) is 5.26 Å². The molecule has 0 fully saturated rings. The van der Waals surface area contributed by atoms with Gasteiger partial charge in [-0.3, -0.25) is 9.10 Å². The Morgan fingerprint density at radius 2 is 1.84 bits per heavy atom. The number of nitrogens with zero attached hydrogens (tertiary/aromatic N) is 2. The zero-order valence-electron chi connectivity index (χ0n) is 13.4. The molecule has 0 radical (unpaired) electrons. The van der Waals surface area contributed by atoms with Crippen LogP contribution in [0.25, 0.3) is 0 Å². The van der Waals surface area contributed by atoms with E-state index in [9.17, 15) is 17.6 Å². The first-order valence-corrected chi connectivity index (χ1v) is 9.18. The van der Waals surface area contributed by atoms with Crippen LogP contribution in [0.1, 0.15) is 12.0 Å². The minimum absolute atomic E-state index is 0.106. The van der Waals surface area contributed by atoms with Crippen molar-refractivity contribution in [3.05, 3.63) is 59.9 Å². The summed E-state index contributed by atoms with van der Waals surface area (Å²) in [4.78, 5) is 12.1. The summed E-state index contributed by atoms with van der Waals surface area (Å²) in [5, 5.41) is 11.6. The molecule has 1 N–H and O–H groups in total. The lowest BCUT2D eigenvalue weighted by Gasteiger charge is -2.22. The zero-order valence-corrected chi connectivity index (χ0v) is 14.3. The molecule has 2 rings (SSSR count). The van der Waals surface area contributed by atoms with Crippen LogP contribution in [-0.2, 0) is 14.8 Å². The SMILES string of the molecule is CS(=O)(=O)N(CCC(=O)Nc1ccccc1C#N)c1ccc(F)cc1. The zero-order chi connectivity index (χ0) is 18.4. The van der Waals surface area contributed by atoms with Crippen LogP contribution in [-0.4, -0.2) is 27.1 Å². The summed E-state index contributed by atoms with van der Waals surface area (Å²) in [7, 11) is -3.63. The summed E-state index contributed by atoms with van der Waals surface area (Å²) in [6, 6.07) is 13.4. The number of hydrogen-bond donors (Lipinski definition) is 1. The number of carbonyl (C=O) groups is 1. The molecule has 0 spiro atoms. The van der Waals surface area contributed by atoms with Crippen molar-refractivity contribution >= 4 is 27.3 Å². The molecule has 0 bridgehead atoms. The minimum Gasteiger partial charge on any atom is -0.325 e. The third-order valence-electron chi connectivity index (χ3n) is 3.38. The second-order valence-corrected chi connectivity index (χ2v) is 7.17. The summed E-state index contributed by atoms with van der Waals surface area (Å²) >= 11 is 0. The number of halogens is 1. The van der Waals surface area contributed by atoms with E-state index in [1.807, 2.05) is 6.07 Å². The van der Waals surface area contributed by atoms with E-state index in [4.69, 9.17) is 5.26 Å². The number of hydrogen-bond acceptors (Lipinski definition) is 4. The third kappa shape index (κ3) is 5.02. The highest BCUT2D eigenvalue weighted by molar-refractivity contribution is 7.92. The van der Waals surface area contributed by atoms with Crippen LogP contribution in [0.3, 0.4) is 0 Å². The van der Waals surface area contributed by atoms with Gasteiger partial charge in [-0.15, -0.1) is 0 Å². The molecule has 8 heteroatoms. The first kappa shape index (κ1) is 18.4. The summed E-state index contributed by atoms with van der Waals surface area (Å²) < 4.78 is 37.9. The number of amides is 1. The van der Waals surface area contributed by atoms with Crippen molar-refractivity contribution < 1.29 is 17.6 Å². The van der Waals surface area contributed by atoms with E-state index < -0.39 is 21.7 Å². The maximum Gasteiger partial charge on any atom is 0.232 e. The minimum atomic E-state index is -3.63. The molecule has 130 valence electrons. The van der Waals surface area contributed by atoms with Gasteiger partial charge in [-0.25, -0.2) is 12.8 Å². The summed E-state index contributed by atoms with van der Waals surface area (Å²) in [6.07, 6.45) is 0.892. The molecule has 0 unspecified atom stereocenters. The van der Waals surface area contributed by atoms with Gasteiger partial charge in [0.2, 0.25) is 15.9 Å². The molecule has 0 aliphatic carbocycles. The first-order chi connectivity index (χ1) is 11.8. The molecule has 0 atom stereocenters. The number of benzene rings is 2. The van der Waals surface area contributed by atoms with Gasteiger partial charge in [0.05, 0.1) is 23.2 Å². The number of anilines is 2. The van der Waals surface area contributed by atoms with Crippen molar-refractivity contribution in [2.75, 3.05) is 22.4 Å². The Bertz CT molecular complexity index is 905. The molecule has 0 saturated carbocycles. The highest BCUT2D eigenvalue weighted by atomic mass is 32.2. The Morgan fingerprint density at radius 3 is 2.44 bits per heavy atom. The normalized spacial score (nSPS) is 10.8. The van der Waals surface area contributed by atoms with Gasteiger partial charge in [-0.05, 0) is 36.4 Å². The van der Waals surface area contributed by atoms with Gasteiger partial charge in [0.25, 0.3) is 0 Å². The molecule has 25 heavy (non-hydrogen) atoms. The van der Waals surface area contributed by atoms with Gasteiger partial charge >= 0.3 is 0 Å². The topological polar surface area (TPSA) is 90.3 Å². The lowest BCUT2D eigenvalue weighted by atomic mass is 10.2. The number of para-hydroxylation sites is 1. The number of rotatable bonds is 6. The maximum absolute atomic E-state index is 13.0. The number of carbonyl (C=O) groups excluding carboxylic acids is 1. The molecule has 0 heterocycles. The summed E-state index contributed by atoms with van der Waals surface area (Å²) in [5.41, 5.74) is 0.950. The van der Waals surface area contributed by atoms with E-state index in [2.05, 4.69) is 5.32 Å².